The maximum Gasteiger partial charge on any atom is 0.0322 e. The van der Waals surface area contributed by atoms with Crippen LogP contribution in [-0.4, -0.2) is 11.4 Å². The number of hydrogen-bond donors (Lipinski definition) is 1. The molecule has 17 heavy (non-hydrogen) atoms. The first-order valence-electron chi connectivity index (χ1n) is 6.34. The topological polar surface area (TPSA) is 12.0 Å². The van der Waals surface area contributed by atoms with Crippen LogP contribution >= 0.6 is 11.6 Å². The van der Waals surface area contributed by atoms with Crippen molar-refractivity contribution in [2.24, 2.45) is 0 Å². The van der Waals surface area contributed by atoms with Crippen LogP contribution in [0.15, 0.2) is 12.1 Å². The van der Waals surface area contributed by atoms with Gasteiger partial charge in [-0.2, -0.15) is 0 Å². The van der Waals surface area contributed by atoms with Gasteiger partial charge in [0.25, 0.3) is 0 Å². The molecular weight excluding hydrogens is 230 g/mol. The van der Waals surface area contributed by atoms with Crippen LogP contribution in [0.3, 0.4) is 0 Å². The molecule has 0 aromatic heterocycles. The molecule has 0 fully saturated rings. The van der Waals surface area contributed by atoms with Crippen LogP contribution in [0.1, 0.15) is 42.5 Å². The minimum Gasteiger partial charge on any atom is -0.310 e. The minimum absolute atomic E-state index is 0.234. The molecule has 0 amide bonds. The monoisotopic (exact) mass is 253 g/mol. The van der Waals surface area contributed by atoms with E-state index in [1.807, 2.05) is 6.92 Å². The van der Waals surface area contributed by atoms with Crippen molar-refractivity contribution in [1.29, 1.82) is 0 Å². The maximum atomic E-state index is 6.00. The highest BCUT2D eigenvalue weighted by Crippen LogP contribution is 2.16. The van der Waals surface area contributed by atoms with Crippen LogP contribution in [0.25, 0.3) is 0 Å². The summed E-state index contributed by atoms with van der Waals surface area (Å²) in [6.45, 7) is 11.7. The summed E-state index contributed by atoms with van der Waals surface area (Å²) in [4.78, 5) is 0. The number of rotatable bonds is 5. The lowest BCUT2D eigenvalue weighted by Crippen LogP contribution is -2.28. The zero-order chi connectivity index (χ0) is 13.0. The molecule has 1 aromatic carbocycles. The summed E-state index contributed by atoms with van der Waals surface area (Å²) in [5, 5.41) is 3.78. The molecular formula is C15H24ClN. The van der Waals surface area contributed by atoms with Gasteiger partial charge in [-0.3, -0.25) is 0 Å². The summed E-state index contributed by atoms with van der Waals surface area (Å²) in [5.41, 5.74) is 5.51. The molecule has 0 bridgehead atoms. The quantitative estimate of drug-likeness (QED) is 0.779. The Hall–Kier alpha value is -0.530. The maximum absolute atomic E-state index is 6.00. The Labute approximate surface area is 111 Å². The molecule has 0 aliphatic rings. The number of hydrogen-bond acceptors (Lipinski definition) is 1. The second kappa shape index (κ2) is 6.42. The van der Waals surface area contributed by atoms with E-state index >= 15 is 0 Å². The van der Waals surface area contributed by atoms with Gasteiger partial charge in [0.1, 0.15) is 0 Å². The first-order chi connectivity index (χ1) is 7.90. The van der Waals surface area contributed by atoms with Crippen LogP contribution in [0.2, 0.25) is 0 Å². The molecule has 0 radical (unpaired) electrons. The fourth-order valence-electron chi connectivity index (χ4n) is 2.34. The smallest absolute Gasteiger partial charge is 0.0322 e. The number of halogens is 1. The number of nitrogens with one attached hydrogen (secondary N) is 1. The summed E-state index contributed by atoms with van der Waals surface area (Å²) in [6, 6.07) is 4.96. The van der Waals surface area contributed by atoms with E-state index in [-0.39, 0.29) is 5.38 Å². The van der Waals surface area contributed by atoms with E-state index in [0.717, 1.165) is 13.0 Å². The zero-order valence-electron chi connectivity index (χ0n) is 11.6. The van der Waals surface area contributed by atoms with Crippen LogP contribution in [-0.2, 0) is 6.54 Å². The molecule has 1 N–H and O–H groups in total. The van der Waals surface area contributed by atoms with Crippen molar-refractivity contribution in [3.8, 4) is 0 Å². The standard InChI is InChI=1S/C15H24ClN/c1-10-6-11(2)15(12(3)7-10)9-17-14(5)8-13(4)16/h6-7,13-14,17H,8-9H2,1-5H3. The Kier molecular flexibility index (Phi) is 5.48. The Morgan fingerprint density at radius 3 is 2.12 bits per heavy atom. The zero-order valence-corrected chi connectivity index (χ0v) is 12.4. The highest BCUT2D eigenvalue weighted by atomic mass is 35.5. The molecule has 96 valence electrons. The van der Waals surface area contributed by atoms with E-state index in [1.165, 1.54) is 22.3 Å². The summed E-state index contributed by atoms with van der Waals surface area (Å²) in [7, 11) is 0. The van der Waals surface area contributed by atoms with Crippen LogP contribution in [0.4, 0.5) is 0 Å². The second-order valence-electron chi connectivity index (χ2n) is 5.18. The second-order valence-corrected chi connectivity index (χ2v) is 5.92. The van der Waals surface area contributed by atoms with E-state index in [0.29, 0.717) is 6.04 Å². The van der Waals surface area contributed by atoms with Crippen molar-refractivity contribution >= 4 is 11.6 Å². The lowest BCUT2D eigenvalue weighted by Gasteiger charge is -2.17. The van der Waals surface area contributed by atoms with Crippen molar-refractivity contribution in [3.05, 3.63) is 34.4 Å². The average molecular weight is 254 g/mol. The van der Waals surface area contributed by atoms with Gasteiger partial charge >= 0.3 is 0 Å². The molecule has 2 atom stereocenters. The summed E-state index contributed by atoms with van der Waals surface area (Å²) >= 11 is 6.00. The normalized spacial score (nSPS) is 14.7. The average Bonchev–Trinajstić information content (AvgIpc) is 2.14. The number of alkyl halides is 1. The van der Waals surface area contributed by atoms with E-state index < -0.39 is 0 Å². The molecule has 0 saturated heterocycles. The first-order valence-corrected chi connectivity index (χ1v) is 6.78. The predicted molar refractivity (Wildman–Crippen MR) is 76.9 cm³/mol. The van der Waals surface area contributed by atoms with E-state index in [2.05, 4.69) is 45.1 Å². The van der Waals surface area contributed by atoms with Crippen molar-refractivity contribution in [3.63, 3.8) is 0 Å². The van der Waals surface area contributed by atoms with Crippen molar-refractivity contribution in [2.75, 3.05) is 0 Å². The van der Waals surface area contributed by atoms with Gasteiger partial charge in [-0.25, -0.2) is 0 Å². The SMILES string of the molecule is Cc1cc(C)c(CNC(C)CC(C)Cl)c(C)c1. The van der Waals surface area contributed by atoms with Gasteiger partial charge in [0.2, 0.25) is 0 Å². The third-order valence-electron chi connectivity index (χ3n) is 3.15. The molecule has 0 spiro atoms. The summed E-state index contributed by atoms with van der Waals surface area (Å²) in [6.07, 6.45) is 1.01. The molecule has 0 saturated carbocycles. The largest absolute Gasteiger partial charge is 0.310 e. The van der Waals surface area contributed by atoms with E-state index in [1.54, 1.807) is 0 Å². The lowest BCUT2D eigenvalue weighted by atomic mass is 9.99. The Morgan fingerprint density at radius 2 is 1.65 bits per heavy atom. The third-order valence-corrected chi connectivity index (χ3v) is 3.32. The first kappa shape index (κ1) is 14.5. The lowest BCUT2D eigenvalue weighted by molar-refractivity contribution is 0.510. The number of benzene rings is 1. The summed E-state index contributed by atoms with van der Waals surface area (Å²) < 4.78 is 0. The van der Waals surface area contributed by atoms with Gasteiger partial charge in [-0.05, 0) is 57.7 Å². The number of aryl methyl sites for hydroxylation is 3. The fourth-order valence-corrected chi connectivity index (χ4v) is 2.60. The summed E-state index contributed by atoms with van der Waals surface area (Å²) in [5.74, 6) is 0. The third kappa shape index (κ3) is 4.69. The van der Waals surface area contributed by atoms with Gasteiger partial charge in [0, 0.05) is 18.0 Å². The molecule has 0 aliphatic heterocycles. The van der Waals surface area contributed by atoms with Crippen molar-refractivity contribution in [1.82, 2.24) is 5.32 Å². The fraction of sp³-hybridized carbons (Fsp3) is 0.600. The molecule has 1 rings (SSSR count). The molecule has 2 heteroatoms. The van der Waals surface area contributed by atoms with Crippen molar-refractivity contribution < 1.29 is 0 Å². The minimum atomic E-state index is 0.234. The molecule has 1 aromatic rings. The van der Waals surface area contributed by atoms with Crippen molar-refractivity contribution in [2.45, 2.75) is 59.0 Å². The van der Waals surface area contributed by atoms with Crippen LogP contribution in [0.5, 0.6) is 0 Å². The molecule has 0 heterocycles. The molecule has 1 nitrogen and oxygen atoms in total. The predicted octanol–water partition coefficient (Wildman–Crippen LogP) is 4.11. The Balaban J connectivity index is 2.63. The van der Waals surface area contributed by atoms with Crippen LogP contribution in [0, 0.1) is 20.8 Å². The van der Waals surface area contributed by atoms with E-state index in [9.17, 15) is 0 Å². The van der Waals surface area contributed by atoms with Gasteiger partial charge in [-0.15, -0.1) is 11.6 Å². The van der Waals surface area contributed by atoms with E-state index in [4.69, 9.17) is 11.6 Å². The highest BCUT2D eigenvalue weighted by molar-refractivity contribution is 6.20. The molecule has 0 aliphatic carbocycles. The Morgan fingerprint density at radius 1 is 1.12 bits per heavy atom. The Bertz CT molecular complexity index is 348. The van der Waals surface area contributed by atoms with Gasteiger partial charge in [0.15, 0.2) is 0 Å². The van der Waals surface area contributed by atoms with Gasteiger partial charge < -0.3 is 5.32 Å². The van der Waals surface area contributed by atoms with Gasteiger partial charge in [0.05, 0.1) is 0 Å². The van der Waals surface area contributed by atoms with Crippen LogP contribution < -0.4 is 5.32 Å². The molecule has 2 unspecified atom stereocenters. The highest BCUT2D eigenvalue weighted by Gasteiger charge is 2.08. The van der Waals surface area contributed by atoms with Gasteiger partial charge in [-0.1, -0.05) is 17.7 Å².